The van der Waals surface area contributed by atoms with Crippen LogP contribution in [0.3, 0.4) is 0 Å². The summed E-state index contributed by atoms with van der Waals surface area (Å²) < 4.78 is 0. The van der Waals surface area contributed by atoms with Gasteiger partial charge in [0, 0.05) is 17.1 Å². The minimum Gasteiger partial charge on any atom is -0.344 e. The topological polar surface area (TPSA) is 24.9 Å². The van der Waals surface area contributed by atoms with E-state index in [1.165, 1.54) is 5.56 Å². The lowest BCUT2D eigenvalue weighted by Gasteiger charge is -2.10. The van der Waals surface area contributed by atoms with Gasteiger partial charge in [-0.15, -0.1) is 0 Å². The van der Waals surface area contributed by atoms with Crippen LogP contribution >= 0.6 is 12.2 Å². The van der Waals surface area contributed by atoms with Gasteiger partial charge in [-0.25, -0.2) is 0 Å². The molecule has 0 aliphatic heterocycles. The van der Waals surface area contributed by atoms with Crippen molar-refractivity contribution in [2.75, 3.05) is 5.32 Å². The summed E-state index contributed by atoms with van der Waals surface area (Å²) in [5, 5.41) is 4.39. The lowest BCUT2D eigenvalue weighted by Crippen LogP contribution is -2.10. The number of benzene rings is 2. The molecule has 98 valence electrons. The van der Waals surface area contributed by atoms with Crippen molar-refractivity contribution in [2.24, 2.45) is 0 Å². The number of nitrogens with one attached hydrogen (secondary N) is 1. The predicted molar refractivity (Wildman–Crippen MR) is 88.2 cm³/mol. The van der Waals surface area contributed by atoms with Crippen molar-refractivity contribution < 1.29 is 0 Å². The smallest absolute Gasteiger partial charge is 0.111 e. The van der Waals surface area contributed by atoms with Gasteiger partial charge >= 0.3 is 0 Å². The zero-order valence-corrected chi connectivity index (χ0v) is 11.9. The van der Waals surface area contributed by atoms with Crippen LogP contribution in [0.4, 0.5) is 5.69 Å². The third-order valence-corrected chi connectivity index (χ3v) is 3.53. The van der Waals surface area contributed by atoms with Gasteiger partial charge in [0.25, 0.3) is 0 Å². The van der Waals surface area contributed by atoms with Crippen LogP contribution in [0.15, 0.2) is 60.8 Å². The fourth-order valence-corrected chi connectivity index (χ4v) is 2.35. The summed E-state index contributed by atoms with van der Waals surface area (Å²) in [4.78, 5) is 5.13. The second kappa shape index (κ2) is 5.39. The largest absolute Gasteiger partial charge is 0.344 e. The Hall–Kier alpha value is -2.26. The Morgan fingerprint density at radius 1 is 1.00 bits per heavy atom. The molecule has 0 bridgehead atoms. The van der Waals surface area contributed by atoms with E-state index in [0.717, 1.165) is 22.2 Å². The molecule has 0 aliphatic carbocycles. The van der Waals surface area contributed by atoms with Crippen LogP contribution in [-0.2, 0) is 0 Å². The number of aromatic nitrogens is 1. The molecule has 0 aliphatic rings. The summed E-state index contributed by atoms with van der Waals surface area (Å²) >= 11 is 5.47. The molecule has 3 heteroatoms. The molecule has 1 heterocycles. The fraction of sp³-hybridized carbons (Fsp3) is 0.0588. The third kappa shape index (κ3) is 2.53. The number of nitrogens with zero attached hydrogens (tertiary/aromatic N) is 1. The number of rotatable bonds is 2. The molecule has 0 spiro atoms. The van der Waals surface area contributed by atoms with E-state index >= 15 is 0 Å². The number of fused-ring (bicyclic) bond motifs is 1. The van der Waals surface area contributed by atoms with Crippen LogP contribution in [0.25, 0.3) is 10.9 Å². The molecule has 0 amide bonds. The van der Waals surface area contributed by atoms with E-state index in [1.807, 2.05) is 42.5 Å². The first kappa shape index (κ1) is 12.8. The van der Waals surface area contributed by atoms with Gasteiger partial charge in [-0.2, -0.15) is 0 Å². The monoisotopic (exact) mass is 278 g/mol. The summed E-state index contributed by atoms with van der Waals surface area (Å²) in [6, 6.07) is 18.2. The van der Waals surface area contributed by atoms with Crippen molar-refractivity contribution in [3.05, 3.63) is 71.9 Å². The van der Waals surface area contributed by atoms with Gasteiger partial charge in [0.05, 0.1) is 11.2 Å². The van der Waals surface area contributed by atoms with Crippen LogP contribution < -0.4 is 5.32 Å². The molecule has 3 aromatic rings. The lowest BCUT2D eigenvalue weighted by molar-refractivity contribution is 1.41. The maximum Gasteiger partial charge on any atom is 0.111 e. The first-order valence-corrected chi connectivity index (χ1v) is 6.86. The van der Waals surface area contributed by atoms with Crippen molar-refractivity contribution in [2.45, 2.75) is 6.92 Å². The van der Waals surface area contributed by atoms with Crippen molar-refractivity contribution in [3.8, 4) is 0 Å². The highest BCUT2D eigenvalue weighted by Gasteiger charge is 2.05. The normalized spacial score (nSPS) is 10.4. The van der Waals surface area contributed by atoms with E-state index in [0.29, 0.717) is 4.99 Å². The second-order valence-corrected chi connectivity index (χ2v) is 5.11. The van der Waals surface area contributed by atoms with E-state index in [4.69, 9.17) is 12.2 Å². The van der Waals surface area contributed by atoms with Crippen molar-refractivity contribution in [1.82, 2.24) is 4.98 Å². The van der Waals surface area contributed by atoms with E-state index in [-0.39, 0.29) is 0 Å². The van der Waals surface area contributed by atoms with E-state index < -0.39 is 0 Å². The molecule has 0 fully saturated rings. The van der Waals surface area contributed by atoms with Crippen LogP contribution in [0.2, 0.25) is 0 Å². The minimum absolute atomic E-state index is 0.711. The standard InChI is InChI=1S/C17H14N2S/c1-12-7-9-14(10-8-12)17(20)19-15-6-2-4-13-5-3-11-18-16(13)15/h2-11H,1H3,(H,19,20). The first-order chi connectivity index (χ1) is 9.74. The van der Waals surface area contributed by atoms with Crippen molar-refractivity contribution in [1.29, 1.82) is 0 Å². The number of aryl methyl sites for hydroxylation is 1. The highest BCUT2D eigenvalue weighted by molar-refractivity contribution is 7.81. The van der Waals surface area contributed by atoms with Crippen LogP contribution in [0.5, 0.6) is 0 Å². The summed E-state index contributed by atoms with van der Waals surface area (Å²) in [5.74, 6) is 0. The molecule has 0 radical (unpaired) electrons. The molecule has 20 heavy (non-hydrogen) atoms. The molecular weight excluding hydrogens is 264 g/mol. The third-order valence-electron chi connectivity index (χ3n) is 3.19. The fourth-order valence-electron chi connectivity index (χ4n) is 2.10. The first-order valence-electron chi connectivity index (χ1n) is 6.46. The number of para-hydroxylation sites is 1. The molecule has 2 aromatic carbocycles. The van der Waals surface area contributed by atoms with Gasteiger partial charge in [0.15, 0.2) is 0 Å². The zero-order chi connectivity index (χ0) is 13.9. The Morgan fingerprint density at radius 3 is 2.55 bits per heavy atom. The minimum atomic E-state index is 0.711. The molecule has 0 unspecified atom stereocenters. The molecule has 2 nitrogen and oxygen atoms in total. The van der Waals surface area contributed by atoms with Gasteiger partial charge in [0.1, 0.15) is 4.99 Å². The van der Waals surface area contributed by atoms with E-state index in [1.54, 1.807) is 6.20 Å². The maximum atomic E-state index is 5.47. The number of anilines is 1. The highest BCUT2D eigenvalue weighted by atomic mass is 32.1. The number of thiocarbonyl (C=S) groups is 1. The molecule has 3 rings (SSSR count). The Kier molecular flexibility index (Phi) is 3.44. The zero-order valence-electron chi connectivity index (χ0n) is 11.1. The van der Waals surface area contributed by atoms with Gasteiger partial charge in [-0.05, 0) is 19.1 Å². The average molecular weight is 278 g/mol. The summed E-state index contributed by atoms with van der Waals surface area (Å²) in [6.45, 7) is 2.06. The number of pyridine rings is 1. The lowest BCUT2D eigenvalue weighted by atomic mass is 10.1. The Bertz CT molecular complexity index is 758. The van der Waals surface area contributed by atoms with Crippen LogP contribution in [-0.4, -0.2) is 9.97 Å². The molecule has 1 aromatic heterocycles. The van der Waals surface area contributed by atoms with Crippen molar-refractivity contribution >= 4 is 33.8 Å². The second-order valence-electron chi connectivity index (χ2n) is 4.70. The van der Waals surface area contributed by atoms with Gasteiger partial charge < -0.3 is 5.32 Å². The van der Waals surface area contributed by atoms with E-state index in [2.05, 4.69) is 29.4 Å². The Balaban J connectivity index is 1.93. The molecular formula is C17H14N2S. The molecule has 0 saturated carbocycles. The SMILES string of the molecule is Cc1ccc(C(=S)Nc2cccc3cccnc23)cc1. The Morgan fingerprint density at radius 2 is 1.75 bits per heavy atom. The summed E-state index contributed by atoms with van der Waals surface area (Å²) in [7, 11) is 0. The Labute approximate surface area is 123 Å². The van der Waals surface area contributed by atoms with Gasteiger partial charge in [0.2, 0.25) is 0 Å². The van der Waals surface area contributed by atoms with Gasteiger partial charge in [-0.1, -0.05) is 60.2 Å². The van der Waals surface area contributed by atoms with E-state index in [9.17, 15) is 0 Å². The highest BCUT2D eigenvalue weighted by Crippen LogP contribution is 2.21. The average Bonchev–Trinajstić information content (AvgIpc) is 2.48. The number of hydrogen-bond acceptors (Lipinski definition) is 2. The summed E-state index contributed by atoms with van der Waals surface area (Å²) in [5.41, 5.74) is 4.11. The van der Waals surface area contributed by atoms with Crippen molar-refractivity contribution in [3.63, 3.8) is 0 Å². The molecule has 1 N–H and O–H groups in total. The molecule has 0 saturated heterocycles. The number of hydrogen-bond donors (Lipinski definition) is 1. The molecule has 0 atom stereocenters. The summed E-state index contributed by atoms with van der Waals surface area (Å²) in [6.07, 6.45) is 1.79. The van der Waals surface area contributed by atoms with Gasteiger partial charge in [-0.3, -0.25) is 4.98 Å². The quantitative estimate of drug-likeness (QED) is 0.706. The van der Waals surface area contributed by atoms with Crippen LogP contribution in [0, 0.1) is 6.92 Å². The van der Waals surface area contributed by atoms with Crippen LogP contribution in [0.1, 0.15) is 11.1 Å². The predicted octanol–water partition coefficient (Wildman–Crippen LogP) is 4.33. The maximum absolute atomic E-state index is 5.47.